The van der Waals surface area contributed by atoms with Crippen molar-refractivity contribution in [3.8, 4) is 0 Å². The van der Waals surface area contributed by atoms with Crippen LogP contribution in [0, 0.1) is 6.92 Å². The number of sulfonamides is 1. The van der Waals surface area contributed by atoms with Gasteiger partial charge in [0.2, 0.25) is 10.0 Å². The normalized spacial score (nSPS) is 11.7. The summed E-state index contributed by atoms with van der Waals surface area (Å²) in [6.07, 6.45) is 1.45. The average Bonchev–Trinajstić information content (AvgIpc) is 2.75. The van der Waals surface area contributed by atoms with E-state index in [0.717, 1.165) is 10.6 Å². The summed E-state index contributed by atoms with van der Waals surface area (Å²) in [5.74, 6) is -0.0308. The fourth-order valence-electron chi connectivity index (χ4n) is 1.38. The molecule has 6 nitrogen and oxygen atoms in total. The van der Waals surface area contributed by atoms with E-state index in [0.29, 0.717) is 4.47 Å². The summed E-state index contributed by atoms with van der Waals surface area (Å²) >= 11 is 4.57. The van der Waals surface area contributed by atoms with Crippen molar-refractivity contribution in [2.75, 3.05) is 5.73 Å². The minimum atomic E-state index is -3.69. The molecule has 0 unspecified atom stereocenters. The number of aromatic nitrogens is 2. The summed E-state index contributed by atoms with van der Waals surface area (Å²) in [7, 11) is -3.69. The van der Waals surface area contributed by atoms with E-state index in [9.17, 15) is 8.42 Å². The molecule has 2 aromatic rings. The summed E-state index contributed by atoms with van der Waals surface area (Å²) in [5.41, 5.74) is 8.08. The number of nitrogen functional groups attached to an aromatic ring is 1. The van der Waals surface area contributed by atoms with Crippen LogP contribution in [0.3, 0.4) is 0 Å². The van der Waals surface area contributed by atoms with E-state index in [1.165, 1.54) is 23.6 Å². The van der Waals surface area contributed by atoms with Crippen LogP contribution in [0.1, 0.15) is 10.6 Å². The summed E-state index contributed by atoms with van der Waals surface area (Å²) < 4.78 is 27.3. The standard InChI is InChI=1S/C10H11BrN4O2S2/c1-6-8(18-5-14-6)4-15-19(16,17)9-2-7(11)3-13-10(9)12/h2-3,5,15H,4H2,1H3,(H2,12,13). The highest BCUT2D eigenvalue weighted by atomic mass is 79.9. The van der Waals surface area contributed by atoms with Crippen molar-refractivity contribution in [3.05, 3.63) is 32.8 Å². The fraction of sp³-hybridized carbons (Fsp3) is 0.200. The first-order valence-corrected chi connectivity index (χ1v) is 8.35. The molecule has 0 amide bonds. The van der Waals surface area contributed by atoms with Crippen LogP contribution >= 0.6 is 27.3 Å². The second-order valence-corrected chi connectivity index (χ2v) is 7.31. The number of nitrogens with two attached hydrogens (primary N) is 1. The van der Waals surface area contributed by atoms with Crippen LogP contribution in [0.15, 0.2) is 27.1 Å². The molecule has 0 radical (unpaired) electrons. The van der Waals surface area contributed by atoms with Gasteiger partial charge in [-0.25, -0.2) is 23.1 Å². The monoisotopic (exact) mass is 362 g/mol. The Labute approximate surface area is 123 Å². The zero-order chi connectivity index (χ0) is 14.0. The highest BCUT2D eigenvalue weighted by Crippen LogP contribution is 2.21. The van der Waals surface area contributed by atoms with Gasteiger partial charge in [-0.05, 0) is 28.9 Å². The number of pyridine rings is 1. The molecular formula is C10H11BrN4O2S2. The van der Waals surface area contributed by atoms with Crippen LogP contribution in [0.2, 0.25) is 0 Å². The molecule has 2 aromatic heterocycles. The topological polar surface area (TPSA) is 98.0 Å². The molecule has 0 spiro atoms. The first-order chi connectivity index (χ1) is 8.90. The molecule has 19 heavy (non-hydrogen) atoms. The molecule has 0 bridgehead atoms. The molecule has 3 N–H and O–H groups in total. The third-order valence-corrected chi connectivity index (χ3v) is 5.20. The molecule has 0 aromatic carbocycles. The Balaban J connectivity index is 2.23. The molecule has 0 atom stereocenters. The fourth-order valence-corrected chi connectivity index (χ4v) is 3.77. The van der Waals surface area contributed by atoms with Gasteiger partial charge in [0.1, 0.15) is 10.7 Å². The second kappa shape index (κ2) is 5.53. The highest BCUT2D eigenvalue weighted by molar-refractivity contribution is 9.10. The van der Waals surface area contributed by atoms with Gasteiger partial charge in [0.25, 0.3) is 0 Å². The number of hydrogen-bond donors (Lipinski definition) is 2. The zero-order valence-electron chi connectivity index (χ0n) is 9.92. The van der Waals surface area contributed by atoms with E-state index in [1.807, 2.05) is 6.92 Å². The Morgan fingerprint density at radius 1 is 1.47 bits per heavy atom. The van der Waals surface area contributed by atoms with Gasteiger partial charge in [0.05, 0.1) is 11.2 Å². The lowest BCUT2D eigenvalue weighted by atomic mass is 10.4. The van der Waals surface area contributed by atoms with Crippen LogP contribution < -0.4 is 10.5 Å². The van der Waals surface area contributed by atoms with Gasteiger partial charge in [-0.1, -0.05) is 0 Å². The Morgan fingerprint density at radius 3 is 2.84 bits per heavy atom. The van der Waals surface area contributed by atoms with Crippen molar-refractivity contribution in [2.24, 2.45) is 0 Å². The van der Waals surface area contributed by atoms with Crippen molar-refractivity contribution >= 4 is 43.1 Å². The number of anilines is 1. The van der Waals surface area contributed by atoms with Crippen LogP contribution in [-0.4, -0.2) is 18.4 Å². The molecule has 0 aliphatic heterocycles. The van der Waals surface area contributed by atoms with Crippen molar-refractivity contribution in [1.82, 2.24) is 14.7 Å². The number of rotatable bonds is 4. The smallest absolute Gasteiger partial charge is 0.244 e. The van der Waals surface area contributed by atoms with E-state index in [-0.39, 0.29) is 17.3 Å². The quantitative estimate of drug-likeness (QED) is 0.861. The van der Waals surface area contributed by atoms with Crippen molar-refractivity contribution in [3.63, 3.8) is 0 Å². The molecule has 9 heteroatoms. The predicted molar refractivity (Wildman–Crippen MR) is 77.2 cm³/mol. The maximum Gasteiger partial charge on any atom is 0.244 e. The third kappa shape index (κ3) is 3.30. The first kappa shape index (κ1) is 14.4. The summed E-state index contributed by atoms with van der Waals surface area (Å²) in [6.45, 7) is 2.01. The predicted octanol–water partition coefficient (Wildman–Crippen LogP) is 1.67. The minimum absolute atomic E-state index is 0.0308. The zero-order valence-corrected chi connectivity index (χ0v) is 13.1. The number of aryl methyl sites for hydroxylation is 1. The number of nitrogens with one attached hydrogen (secondary N) is 1. The van der Waals surface area contributed by atoms with E-state index in [1.54, 1.807) is 5.51 Å². The molecule has 102 valence electrons. The highest BCUT2D eigenvalue weighted by Gasteiger charge is 2.19. The summed E-state index contributed by atoms with van der Waals surface area (Å²) in [5, 5.41) is 0. The Hall–Kier alpha value is -1.03. The molecule has 0 aliphatic rings. The van der Waals surface area contributed by atoms with E-state index >= 15 is 0 Å². The lowest BCUT2D eigenvalue weighted by molar-refractivity contribution is 0.581. The van der Waals surface area contributed by atoms with Crippen molar-refractivity contribution in [2.45, 2.75) is 18.4 Å². The SMILES string of the molecule is Cc1ncsc1CNS(=O)(=O)c1cc(Br)cnc1N. The summed E-state index contributed by atoms with van der Waals surface area (Å²) in [4.78, 5) is 8.70. The van der Waals surface area contributed by atoms with Crippen LogP contribution in [-0.2, 0) is 16.6 Å². The molecule has 0 saturated heterocycles. The Bertz CT molecular complexity index is 699. The van der Waals surface area contributed by atoms with Crippen molar-refractivity contribution in [1.29, 1.82) is 0 Å². The lowest BCUT2D eigenvalue weighted by Crippen LogP contribution is -2.24. The molecule has 0 aliphatic carbocycles. The van der Waals surface area contributed by atoms with Gasteiger partial charge in [0, 0.05) is 22.1 Å². The Morgan fingerprint density at radius 2 is 2.21 bits per heavy atom. The Kier molecular flexibility index (Phi) is 4.19. The van der Waals surface area contributed by atoms with Gasteiger partial charge in [-0.2, -0.15) is 0 Å². The van der Waals surface area contributed by atoms with Gasteiger partial charge in [0.15, 0.2) is 0 Å². The number of halogens is 1. The van der Waals surface area contributed by atoms with Gasteiger partial charge >= 0.3 is 0 Å². The first-order valence-electron chi connectivity index (χ1n) is 5.20. The van der Waals surface area contributed by atoms with E-state index in [2.05, 4.69) is 30.6 Å². The number of thiazole rings is 1. The van der Waals surface area contributed by atoms with Gasteiger partial charge in [-0.15, -0.1) is 11.3 Å². The maximum atomic E-state index is 12.1. The molecule has 2 heterocycles. The van der Waals surface area contributed by atoms with E-state index in [4.69, 9.17) is 5.73 Å². The van der Waals surface area contributed by atoms with Crippen LogP contribution in [0.4, 0.5) is 5.82 Å². The van der Waals surface area contributed by atoms with Crippen LogP contribution in [0.25, 0.3) is 0 Å². The molecular weight excluding hydrogens is 352 g/mol. The van der Waals surface area contributed by atoms with Crippen LogP contribution in [0.5, 0.6) is 0 Å². The average molecular weight is 363 g/mol. The van der Waals surface area contributed by atoms with Gasteiger partial charge in [-0.3, -0.25) is 0 Å². The summed E-state index contributed by atoms with van der Waals surface area (Å²) in [6, 6.07) is 1.42. The van der Waals surface area contributed by atoms with Gasteiger partial charge < -0.3 is 5.73 Å². The third-order valence-electron chi connectivity index (χ3n) is 2.41. The number of hydrogen-bond acceptors (Lipinski definition) is 6. The number of nitrogens with zero attached hydrogens (tertiary/aromatic N) is 2. The maximum absolute atomic E-state index is 12.1. The van der Waals surface area contributed by atoms with Crippen molar-refractivity contribution < 1.29 is 8.42 Å². The minimum Gasteiger partial charge on any atom is -0.383 e. The largest absolute Gasteiger partial charge is 0.383 e. The molecule has 2 rings (SSSR count). The van der Waals surface area contributed by atoms with E-state index < -0.39 is 10.0 Å². The molecule has 0 saturated carbocycles. The molecule has 0 fully saturated rings. The second-order valence-electron chi connectivity index (χ2n) is 3.72. The lowest BCUT2D eigenvalue weighted by Gasteiger charge is -2.08.